The van der Waals surface area contributed by atoms with Crippen LogP contribution in [-0.4, -0.2) is 42.7 Å². The maximum absolute atomic E-state index is 12.5. The van der Waals surface area contributed by atoms with Gasteiger partial charge < -0.3 is 23.6 Å². The molecule has 7 heteroatoms. The number of rotatable bonds is 6. The summed E-state index contributed by atoms with van der Waals surface area (Å²) in [6.45, 7) is 4.09. The minimum Gasteiger partial charge on any atom is -0.378 e. The van der Waals surface area contributed by atoms with E-state index in [0.717, 1.165) is 25.7 Å². The second-order valence-electron chi connectivity index (χ2n) is 5.23. The molecule has 1 heterocycles. The topological polar surface area (TPSA) is 74.2 Å². The fraction of sp³-hybridized carbons (Fsp3) is 1.00. The SMILES string of the molecule is CCOP(=O)(OCC)[C@H](O)[C@H]1COC2(CCCCC2)O1. The minimum absolute atomic E-state index is 0.215. The van der Waals surface area contributed by atoms with Gasteiger partial charge in [-0.15, -0.1) is 0 Å². The molecule has 0 unspecified atom stereocenters. The molecule has 1 N–H and O–H groups in total. The summed E-state index contributed by atoms with van der Waals surface area (Å²) in [5.74, 6) is -1.91. The van der Waals surface area contributed by atoms with E-state index in [2.05, 4.69) is 0 Å². The Labute approximate surface area is 120 Å². The van der Waals surface area contributed by atoms with Crippen LogP contribution in [0.4, 0.5) is 0 Å². The summed E-state index contributed by atoms with van der Waals surface area (Å²) in [6, 6.07) is 0. The molecule has 1 saturated carbocycles. The maximum atomic E-state index is 12.5. The predicted molar refractivity (Wildman–Crippen MR) is 73.5 cm³/mol. The zero-order chi connectivity index (χ0) is 14.6. The highest BCUT2D eigenvalue weighted by molar-refractivity contribution is 7.54. The molecule has 2 aliphatic rings. The van der Waals surface area contributed by atoms with E-state index in [1.165, 1.54) is 6.42 Å². The highest BCUT2D eigenvalue weighted by Gasteiger charge is 2.50. The summed E-state index contributed by atoms with van der Waals surface area (Å²) in [5.41, 5.74) is 0. The fourth-order valence-corrected chi connectivity index (χ4v) is 4.48. The average Bonchev–Trinajstić information content (AvgIpc) is 2.83. The molecule has 2 fully saturated rings. The number of aliphatic hydroxyl groups excluding tert-OH is 1. The Balaban J connectivity index is 2.02. The number of hydrogen-bond donors (Lipinski definition) is 1. The van der Waals surface area contributed by atoms with E-state index in [1.54, 1.807) is 13.8 Å². The molecule has 1 spiro atoms. The monoisotopic (exact) mass is 308 g/mol. The van der Waals surface area contributed by atoms with Gasteiger partial charge in [0, 0.05) is 12.8 Å². The Hall–Kier alpha value is 0.0300. The van der Waals surface area contributed by atoms with Gasteiger partial charge in [-0.25, -0.2) is 0 Å². The molecule has 0 aromatic carbocycles. The highest BCUT2D eigenvalue weighted by Crippen LogP contribution is 2.55. The first-order chi connectivity index (χ1) is 9.55. The van der Waals surface area contributed by atoms with Gasteiger partial charge >= 0.3 is 7.60 Å². The van der Waals surface area contributed by atoms with Crippen LogP contribution >= 0.6 is 7.60 Å². The van der Waals surface area contributed by atoms with Crippen LogP contribution in [0.25, 0.3) is 0 Å². The van der Waals surface area contributed by atoms with Gasteiger partial charge in [-0.05, 0) is 26.7 Å². The van der Waals surface area contributed by atoms with Crippen molar-refractivity contribution >= 4 is 7.60 Å². The zero-order valence-corrected chi connectivity index (χ0v) is 13.1. The third-order valence-electron chi connectivity index (χ3n) is 3.77. The lowest BCUT2D eigenvalue weighted by Crippen LogP contribution is -2.36. The zero-order valence-electron chi connectivity index (χ0n) is 12.2. The minimum atomic E-state index is -3.58. The summed E-state index contributed by atoms with van der Waals surface area (Å²) < 4.78 is 34.5. The van der Waals surface area contributed by atoms with E-state index in [1.807, 2.05) is 0 Å². The average molecular weight is 308 g/mol. The van der Waals surface area contributed by atoms with Crippen LogP contribution in [-0.2, 0) is 23.1 Å². The van der Waals surface area contributed by atoms with Crippen molar-refractivity contribution in [2.75, 3.05) is 19.8 Å². The van der Waals surface area contributed by atoms with E-state index in [0.29, 0.717) is 0 Å². The molecular weight excluding hydrogens is 283 g/mol. The quantitative estimate of drug-likeness (QED) is 0.760. The van der Waals surface area contributed by atoms with Crippen molar-refractivity contribution in [3.63, 3.8) is 0 Å². The molecule has 2 rings (SSSR count). The normalized spacial score (nSPS) is 27.9. The van der Waals surface area contributed by atoms with Gasteiger partial charge in [-0.1, -0.05) is 6.42 Å². The molecule has 1 aliphatic carbocycles. The van der Waals surface area contributed by atoms with Crippen LogP contribution in [0.15, 0.2) is 0 Å². The molecule has 0 bridgehead atoms. The molecular formula is C13H25O6P. The standard InChI is InChI=1S/C13H25O6P/c1-3-17-20(15,18-4-2)12(14)11-10-16-13(19-11)8-6-5-7-9-13/h11-12,14H,3-10H2,1-2H3/t11-,12+/m1/s1. The van der Waals surface area contributed by atoms with E-state index >= 15 is 0 Å². The number of ether oxygens (including phenoxy) is 2. The van der Waals surface area contributed by atoms with Crippen molar-refractivity contribution in [3.05, 3.63) is 0 Å². The van der Waals surface area contributed by atoms with Gasteiger partial charge in [-0.3, -0.25) is 4.57 Å². The summed E-state index contributed by atoms with van der Waals surface area (Å²) in [4.78, 5) is 0. The van der Waals surface area contributed by atoms with Gasteiger partial charge in [-0.2, -0.15) is 0 Å². The number of hydrogen-bond acceptors (Lipinski definition) is 6. The van der Waals surface area contributed by atoms with Gasteiger partial charge in [0.1, 0.15) is 6.10 Å². The Morgan fingerprint density at radius 3 is 2.40 bits per heavy atom. The third-order valence-corrected chi connectivity index (χ3v) is 5.98. The second-order valence-corrected chi connectivity index (χ2v) is 7.35. The van der Waals surface area contributed by atoms with Crippen molar-refractivity contribution in [2.24, 2.45) is 0 Å². The Bertz CT molecular complexity index is 345. The molecule has 1 saturated heterocycles. The van der Waals surface area contributed by atoms with E-state index in [-0.39, 0.29) is 19.8 Å². The van der Waals surface area contributed by atoms with Crippen LogP contribution in [0.5, 0.6) is 0 Å². The molecule has 0 aromatic rings. The largest absolute Gasteiger partial charge is 0.378 e. The van der Waals surface area contributed by atoms with Crippen molar-refractivity contribution in [1.29, 1.82) is 0 Å². The Morgan fingerprint density at radius 1 is 1.25 bits per heavy atom. The Morgan fingerprint density at radius 2 is 1.85 bits per heavy atom. The lowest BCUT2D eigenvalue weighted by molar-refractivity contribution is -0.192. The van der Waals surface area contributed by atoms with Gasteiger partial charge in [0.2, 0.25) is 0 Å². The van der Waals surface area contributed by atoms with Crippen molar-refractivity contribution in [3.8, 4) is 0 Å². The molecule has 118 valence electrons. The summed E-state index contributed by atoms with van der Waals surface area (Å²) in [6.07, 6.45) is 4.28. The molecule has 6 nitrogen and oxygen atoms in total. The van der Waals surface area contributed by atoms with Crippen LogP contribution in [0, 0.1) is 0 Å². The first-order valence-electron chi connectivity index (χ1n) is 7.44. The van der Waals surface area contributed by atoms with Crippen LogP contribution < -0.4 is 0 Å². The first-order valence-corrected chi connectivity index (χ1v) is 9.05. The maximum Gasteiger partial charge on any atom is 0.361 e. The molecule has 0 amide bonds. The van der Waals surface area contributed by atoms with Gasteiger partial charge in [0.05, 0.1) is 19.8 Å². The number of aliphatic hydroxyl groups is 1. The smallest absolute Gasteiger partial charge is 0.361 e. The van der Waals surface area contributed by atoms with Crippen LogP contribution in [0.2, 0.25) is 0 Å². The molecule has 2 atom stereocenters. The highest BCUT2D eigenvalue weighted by atomic mass is 31.2. The van der Waals surface area contributed by atoms with Crippen molar-refractivity contribution in [1.82, 2.24) is 0 Å². The summed E-state index contributed by atoms with van der Waals surface area (Å²) >= 11 is 0. The summed E-state index contributed by atoms with van der Waals surface area (Å²) in [5, 5.41) is 10.3. The van der Waals surface area contributed by atoms with E-state index in [4.69, 9.17) is 18.5 Å². The molecule has 0 aromatic heterocycles. The van der Waals surface area contributed by atoms with Crippen molar-refractivity contribution < 1.29 is 28.2 Å². The summed E-state index contributed by atoms with van der Waals surface area (Å²) in [7, 11) is -3.58. The lowest BCUT2D eigenvalue weighted by Gasteiger charge is -2.32. The molecule has 0 radical (unpaired) electrons. The first kappa shape index (κ1) is 16.4. The van der Waals surface area contributed by atoms with Crippen LogP contribution in [0.1, 0.15) is 46.0 Å². The van der Waals surface area contributed by atoms with Crippen LogP contribution in [0.3, 0.4) is 0 Å². The van der Waals surface area contributed by atoms with Crippen molar-refractivity contribution in [2.45, 2.75) is 63.7 Å². The fourth-order valence-electron chi connectivity index (χ4n) is 2.83. The Kier molecular flexibility index (Phi) is 5.63. The van der Waals surface area contributed by atoms with Gasteiger partial charge in [0.25, 0.3) is 0 Å². The van der Waals surface area contributed by atoms with E-state index < -0.39 is 25.3 Å². The third kappa shape index (κ3) is 3.43. The predicted octanol–water partition coefficient (Wildman–Crippen LogP) is 2.65. The van der Waals surface area contributed by atoms with Gasteiger partial charge in [0.15, 0.2) is 11.6 Å². The van der Waals surface area contributed by atoms with E-state index in [9.17, 15) is 9.67 Å². The molecule has 1 aliphatic heterocycles. The molecule has 20 heavy (non-hydrogen) atoms. The second kappa shape index (κ2) is 6.86. The lowest BCUT2D eigenvalue weighted by atomic mass is 9.94.